The van der Waals surface area contributed by atoms with Crippen molar-refractivity contribution in [1.82, 2.24) is 19.9 Å². The van der Waals surface area contributed by atoms with E-state index in [2.05, 4.69) is 31.2 Å². The van der Waals surface area contributed by atoms with E-state index in [1.54, 1.807) is 30.6 Å². The maximum atomic E-state index is 12.5. The molecule has 3 aromatic rings. The number of anilines is 2. The van der Waals surface area contributed by atoms with Crippen LogP contribution in [0.15, 0.2) is 45.7 Å². The van der Waals surface area contributed by atoms with Crippen LogP contribution in [0.25, 0.3) is 11.7 Å². The second-order valence-corrected chi connectivity index (χ2v) is 6.52. The Morgan fingerprint density at radius 3 is 2.66 bits per heavy atom. The average Bonchev–Trinajstić information content (AvgIpc) is 3.44. The summed E-state index contributed by atoms with van der Waals surface area (Å²) in [6.07, 6.45) is 4.68. The third-order valence-corrected chi connectivity index (χ3v) is 4.78. The van der Waals surface area contributed by atoms with Crippen LogP contribution in [0.1, 0.15) is 12.6 Å². The SMILES string of the molecule is CC(C(=O)Nc1ncccn1)N1CCN(c2oc(-c3ccco3)nc2C#N)CC1. The van der Waals surface area contributed by atoms with Crippen LogP contribution in [0, 0.1) is 11.3 Å². The number of hydrogen-bond acceptors (Lipinski definition) is 9. The molecule has 10 nitrogen and oxygen atoms in total. The smallest absolute Gasteiger partial charge is 0.266 e. The van der Waals surface area contributed by atoms with Crippen LogP contribution in [0.5, 0.6) is 0 Å². The molecule has 3 aromatic heterocycles. The zero-order valence-corrected chi connectivity index (χ0v) is 15.8. The summed E-state index contributed by atoms with van der Waals surface area (Å²) in [6, 6.07) is 6.88. The molecule has 1 amide bonds. The number of furan rings is 1. The zero-order chi connectivity index (χ0) is 20.2. The van der Waals surface area contributed by atoms with Gasteiger partial charge in [-0.15, -0.1) is 0 Å². The average molecular weight is 393 g/mol. The van der Waals surface area contributed by atoms with Crippen molar-refractivity contribution in [3.05, 3.63) is 42.5 Å². The van der Waals surface area contributed by atoms with Crippen molar-refractivity contribution in [1.29, 1.82) is 5.26 Å². The third kappa shape index (κ3) is 3.95. The largest absolute Gasteiger partial charge is 0.459 e. The number of aromatic nitrogens is 3. The van der Waals surface area contributed by atoms with Gasteiger partial charge in [0.05, 0.1) is 12.3 Å². The Labute approximate surface area is 166 Å². The van der Waals surface area contributed by atoms with E-state index >= 15 is 0 Å². The first-order valence-corrected chi connectivity index (χ1v) is 9.17. The van der Waals surface area contributed by atoms with Crippen molar-refractivity contribution >= 4 is 17.7 Å². The van der Waals surface area contributed by atoms with Gasteiger partial charge in [0.1, 0.15) is 6.07 Å². The first kappa shape index (κ1) is 18.6. The Balaban J connectivity index is 1.39. The fourth-order valence-corrected chi connectivity index (χ4v) is 3.16. The van der Waals surface area contributed by atoms with Crippen molar-refractivity contribution in [2.45, 2.75) is 13.0 Å². The van der Waals surface area contributed by atoms with Crippen molar-refractivity contribution < 1.29 is 13.6 Å². The Morgan fingerprint density at radius 2 is 2.00 bits per heavy atom. The molecule has 0 bridgehead atoms. The van der Waals surface area contributed by atoms with Crippen LogP contribution in [-0.2, 0) is 4.79 Å². The number of oxazole rings is 1. The van der Waals surface area contributed by atoms with E-state index in [1.807, 2.05) is 11.8 Å². The van der Waals surface area contributed by atoms with E-state index < -0.39 is 0 Å². The Kier molecular flexibility index (Phi) is 5.22. The summed E-state index contributed by atoms with van der Waals surface area (Å²) in [4.78, 5) is 28.7. The van der Waals surface area contributed by atoms with Crippen LogP contribution in [0.4, 0.5) is 11.8 Å². The Bertz CT molecular complexity index is 1000. The highest BCUT2D eigenvalue weighted by Gasteiger charge is 2.29. The lowest BCUT2D eigenvalue weighted by Gasteiger charge is -2.37. The monoisotopic (exact) mass is 393 g/mol. The molecule has 1 aliphatic rings. The minimum atomic E-state index is -0.343. The van der Waals surface area contributed by atoms with Gasteiger partial charge in [-0.25, -0.2) is 9.97 Å². The highest BCUT2D eigenvalue weighted by molar-refractivity contribution is 5.93. The van der Waals surface area contributed by atoms with Crippen molar-refractivity contribution in [2.75, 3.05) is 36.4 Å². The number of nitrogens with zero attached hydrogens (tertiary/aromatic N) is 6. The Morgan fingerprint density at radius 1 is 1.24 bits per heavy atom. The number of amides is 1. The first-order valence-electron chi connectivity index (χ1n) is 9.17. The van der Waals surface area contributed by atoms with Gasteiger partial charge in [0.25, 0.3) is 5.89 Å². The van der Waals surface area contributed by atoms with E-state index in [-0.39, 0.29) is 29.5 Å². The molecular formula is C19H19N7O3. The minimum absolute atomic E-state index is 0.165. The molecule has 10 heteroatoms. The minimum Gasteiger partial charge on any atom is -0.459 e. The summed E-state index contributed by atoms with van der Waals surface area (Å²) in [5, 5.41) is 12.1. The number of nitriles is 1. The lowest BCUT2D eigenvalue weighted by Crippen LogP contribution is -2.53. The molecule has 1 fully saturated rings. The molecule has 1 saturated heterocycles. The summed E-state index contributed by atoms with van der Waals surface area (Å²) in [7, 11) is 0. The van der Waals surface area contributed by atoms with Gasteiger partial charge in [0, 0.05) is 38.6 Å². The van der Waals surface area contributed by atoms with Crippen molar-refractivity contribution in [2.24, 2.45) is 0 Å². The molecule has 1 unspecified atom stereocenters. The van der Waals surface area contributed by atoms with Crippen molar-refractivity contribution in [3.8, 4) is 17.7 Å². The molecule has 0 aliphatic carbocycles. The van der Waals surface area contributed by atoms with Crippen LogP contribution in [0.2, 0.25) is 0 Å². The van der Waals surface area contributed by atoms with Gasteiger partial charge in [0.15, 0.2) is 5.76 Å². The second kappa shape index (κ2) is 8.12. The molecule has 0 radical (unpaired) electrons. The number of nitrogens with one attached hydrogen (secondary N) is 1. The van der Waals surface area contributed by atoms with E-state index in [1.165, 1.54) is 6.26 Å². The standard InChI is InChI=1S/C19H19N7O3/c1-13(16(27)24-19-21-5-3-6-22-19)25-7-9-26(10-8-25)18-14(12-20)23-17(29-18)15-4-2-11-28-15/h2-6,11,13H,7-10H2,1H3,(H,21,22,24,27). The van der Waals surface area contributed by atoms with Gasteiger partial charge in [-0.2, -0.15) is 10.2 Å². The molecule has 4 heterocycles. The van der Waals surface area contributed by atoms with Crippen LogP contribution in [-0.4, -0.2) is 58.0 Å². The van der Waals surface area contributed by atoms with Gasteiger partial charge in [-0.3, -0.25) is 15.0 Å². The van der Waals surface area contributed by atoms with Crippen molar-refractivity contribution in [3.63, 3.8) is 0 Å². The molecule has 148 valence electrons. The maximum Gasteiger partial charge on any atom is 0.266 e. The fourth-order valence-electron chi connectivity index (χ4n) is 3.16. The lowest BCUT2D eigenvalue weighted by molar-refractivity contribution is -0.120. The molecule has 29 heavy (non-hydrogen) atoms. The van der Waals surface area contributed by atoms with Gasteiger partial charge in [0.2, 0.25) is 23.4 Å². The summed E-state index contributed by atoms with van der Waals surface area (Å²) < 4.78 is 11.1. The summed E-state index contributed by atoms with van der Waals surface area (Å²) in [5.74, 6) is 1.30. The molecular weight excluding hydrogens is 374 g/mol. The fraction of sp³-hybridized carbons (Fsp3) is 0.316. The normalized spacial score (nSPS) is 15.7. The first-order chi connectivity index (χ1) is 14.2. The highest BCUT2D eigenvalue weighted by Crippen LogP contribution is 2.29. The zero-order valence-electron chi connectivity index (χ0n) is 15.8. The molecule has 0 spiro atoms. The molecule has 1 N–H and O–H groups in total. The summed E-state index contributed by atoms with van der Waals surface area (Å²) >= 11 is 0. The summed E-state index contributed by atoms with van der Waals surface area (Å²) in [5.41, 5.74) is 0.219. The second-order valence-electron chi connectivity index (χ2n) is 6.52. The van der Waals surface area contributed by atoms with Gasteiger partial charge >= 0.3 is 0 Å². The van der Waals surface area contributed by atoms with Gasteiger partial charge in [-0.05, 0) is 25.1 Å². The van der Waals surface area contributed by atoms with E-state index in [9.17, 15) is 10.1 Å². The van der Waals surface area contributed by atoms with E-state index in [0.717, 1.165) is 0 Å². The Hall–Kier alpha value is -3.71. The lowest BCUT2D eigenvalue weighted by atomic mass is 10.2. The van der Waals surface area contributed by atoms with Crippen LogP contribution >= 0.6 is 0 Å². The molecule has 1 aliphatic heterocycles. The molecule has 0 aromatic carbocycles. The van der Waals surface area contributed by atoms with Crippen LogP contribution in [0.3, 0.4) is 0 Å². The number of carbonyl (C=O) groups excluding carboxylic acids is 1. The predicted octanol–water partition coefficient (Wildman–Crippen LogP) is 1.75. The quantitative estimate of drug-likeness (QED) is 0.690. The maximum absolute atomic E-state index is 12.5. The topological polar surface area (TPSA) is 124 Å². The molecule has 0 saturated carbocycles. The third-order valence-electron chi connectivity index (χ3n) is 4.78. The van der Waals surface area contributed by atoms with Crippen LogP contribution < -0.4 is 10.2 Å². The highest BCUT2D eigenvalue weighted by atomic mass is 16.4. The molecule has 4 rings (SSSR count). The number of carbonyl (C=O) groups is 1. The number of piperazine rings is 1. The van der Waals surface area contributed by atoms with E-state index in [4.69, 9.17) is 8.83 Å². The predicted molar refractivity (Wildman–Crippen MR) is 103 cm³/mol. The summed E-state index contributed by atoms with van der Waals surface area (Å²) in [6.45, 7) is 4.30. The number of hydrogen-bond donors (Lipinski definition) is 1. The number of rotatable bonds is 5. The van der Waals surface area contributed by atoms with E-state index in [0.29, 0.717) is 37.8 Å². The van der Waals surface area contributed by atoms with Gasteiger partial charge in [-0.1, -0.05) is 0 Å². The molecule has 1 atom stereocenters. The van der Waals surface area contributed by atoms with Gasteiger partial charge < -0.3 is 13.7 Å².